The molecule has 0 spiro atoms. The van der Waals surface area contributed by atoms with Gasteiger partial charge < -0.3 is 5.32 Å². The molecule has 8 heteroatoms. The summed E-state index contributed by atoms with van der Waals surface area (Å²) in [5.41, 5.74) is 0.695. The van der Waals surface area contributed by atoms with Gasteiger partial charge in [0.15, 0.2) is 11.5 Å². The van der Waals surface area contributed by atoms with Gasteiger partial charge >= 0.3 is 0 Å². The van der Waals surface area contributed by atoms with Crippen LogP contribution in [0.15, 0.2) is 24.4 Å². The summed E-state index contributed by atoms with van der Waals surface area (Å²) in [6, 6.07) is 5.53. The van der Waals surface area contributed by atoms with Gasteiger partial charge in [0.1, 0.15) is 6.54 Å². The fourth-order valence-electron chi connectivity index (χ4n) is 3.78. The lowest BCUT2D eigenvalue weighted by Gasteiger charge is -2.19. The first-order valence-electron chi connectivity index (χ1n) is 8.55. The smallest absolute Gasteiger partial charge is 0.240 e. The van der Waals surface area contributed by atoms with E-state index in [-0.39, 0.29) is 42.6 Å². The third kappa shape index (κ3) is 2.77. The fraction of sp³-hybridized carbons (Fsp3) is 0.471. The lowest BCUT2D eigenvalue weighted by molar-refractivity contribution is -0.143. The number of aromatic nitrogens is 3. The molecular formula is C17H19N5O3. The van der Waals surface area contributed by atoms with Crippen molar-refractivity contribution < 1.29 is 14.4 Å². The molecule has 130 valence electrons. The van der Waals surface area contributed by atoms with Crippen molar-refractivity contribution in [3.05, 3.63) is 30.2 Å². The van der Waals surface area contributed by atoms with E-state index in [1.165, 1.54) is 0 Å². The minimum Gasteiger partial charge on any atom is -0.347 e. The lowest BCUT2D eigenvalue weighted by atomic mass is 9.81. The van der Waals surface area contributed by atoms with Crippen molar-refractivity contribution in [3.8, 4) is 0 Å². The number of carbonyl (C=O) groups excluding carboxylic acids is 3. The van der Waals surface area contributed by atoms with E-state index in [0.29, 0.717) is 11.5 Å². The van der Waals surface area contributed by atoms with Crippen molar-refractivity contribution in [2.75, 3.05) is 6.54 Å². The Morgan fingerprint density at radius 2 is 1.84 bits per heavy atom. The van der Waals surface area contributed by atoms with Crippen LogP contribution in [0.4, 0.5) is 0 Å². The maximum absolute atomic E-state index is 12.4. The minimum absolute atomic E-state index is 0.188. The highest BCUT2D eigenvalue weighted by Gasteiger charge is 2.48. The molecule has 2 aromatic rings. The van der Waals surface area contributed by atoms with Gasteiger partial charge in [-0.3, -0.25) is 23.7 Å². The number of carbonyl (C=O) groups is 3. The SMILES string of the molecule is O=C(CN1C(=O)[C@H]2CCCC[C@@H]2C1=O)NCc1nnc2ccccn12. The van der Waals surface area contributed by atoms with Crippen molar-refractivity contribution in [1.29, 1.82) is 0 Å². The summed E-state index contributed by atoms with van der Waals surface area (Å²) in [4.78, 5) is 38.1. The van der Waals surface area contributed by atoms with E-state index >= 15 is 0 Å². The number of hydrogen-bond acceptors (Lipinski definition) is 5. The van der Waals surface area contributed by atoms with Crippen LogP contribution >= 0.6 is 0 Å². The maximum Gasteiger partial charge on any atom is 0.240 e. The fourth-order valence-corrected chi connectivity index (χ4v) is 3.78. The molecule has 4 rings (SSSR count). The Bertz CT molecular complexity index is 822. The Balaban J connectivity index is 1.39. The third-order valence-corrected chi connectivity index (χ3v) is 5.06. The molecule has 1 saturated heterocycles. The average Bonchev–Trinajstić information content (AvgIpc) is 3.15. The molecule has 2 aliphatic rings. The van der Waals surface area contributed by atoms with E-state index in [0.717, 1.165) is 30.6 Å². The van der Waals surface area contributed by atoms with Gasteiger partial charge in [-0.1, -0.05) is 18.9 Å². The Morgan fingerprint density at radius 1 is 1.12 bits per heavy atom. The van der Waals surface area contributed by atoms with Crippen LogP contribution in [0.5, 0.6) is 0 Å². The molecule has 0 aromatic carbocycles. The molecular weight excluding hydrogens is 322 g/mol. The number of imide groups is 1. The number of hydrogen-bond donors (Lipinski definition) is 1. The summed E-state index contributed by atoms with van der Waals surface area (Å²) >= 11 is 0. The van der Waals surface area contributed by atoms with E-state index in [9.17, 15) is 14.4 Å². The van der Waals surface area contributed by atoms with Crippen LogP contribution in [0.3, 0.4) is 0 Å². The molecule has 2 atom stereocenters. The van der Waals surface area contributed by atoms with Crippen molar-refractivity contribution in [1.82, 2.24) is 24.8 Å². The Labute approximate surface area is 144 Å². The predicted octanol–water partition coefficient (Wildman–Crippen LogP) is 0.521. The van der Waals surface area contributed by atoms with Crippen LogP contribution in [0.1, 0.15) is 31.5 Å². The van der Waals surface area contributed by atoms with Gasteiger partial charge in [-0.25, -0.2) is 0 Å². The molecule has 0 unspecified atom stereocenters. The van der Waals surface area contributed by atoms with E-state index in [1.54, 1.807) is 4.40 Å². The molecule has 1 aliphatic carbocycles. The molecule has 0 radical (unpaired) electrons. The van der Waals surface area contributed by atoms with E-state index in [2.05, 4.69) is 15.5 Å². The second-order valence-electron chi connectivity index (χ2n) is 6.58. The predicted molar refractivity (Wildman–Crippen MR) is 87.0 cm³/mol. The largest absolute Gasteiger partial charge is 0.347 e. The summed E-state index contributed by atoms with van der Waals surface area (Å²) < 4.78 is 1.78. The van der Waals surface area contributed by atoms with Crippen molar-refractivity contribution >= 4 is 23.4 Å². The monoisotopic (exact) mass is 341 g/mol. The van der Waals surface area contributed by atoms with Crippen LogP contribution in [0, 0.1) is 11.8 Å². The quantitative estimate of drug-likeness (QED) is 0.818. The highest BCUT2D eigenvalue weighted by atomic mass is 16.2. The van der Waals surface area contributed by atoms with Crippen molar-refractivity contribution in [3.63, 3.8) is 0 Å². The maximum atomic E-state index is 12.4. The summed E-state index contributed by atoms with van der Waals surface area (Å²) in [5.74, 6) is -0.621. The number of pyridine rings is 1. The second kappa shape index (κ2) is 6.27. The molecule has 0 bridgehead atoms. The first-order valence-corrected chi connectivity index (χ1v) is 8.55. The molecule has 2 fully saturated rings. The first-order chi connectivity index (χ1) is 12.1. The zero-order valence-electron chi connectivity index (χ0n) is 13.7. The van der Waals surface area contributed by atoms with Gasteiger partial charge in [-0.2, -0.15) is 0 Å². The highest BCUT2D eigenvalue weighted by Crippen LogP contribution is 2.37. The van der Waals surface area contributed by atoms with Crippen LogP contribution in [0.25, 0.3) is 5.65 Å². The molecule has 1 aliphatic heterocycles. The average molecular weight is 341 g/mol. The standard InChI is InChI=1S/C17H19N5O3/c23-15(18-9-14-20-19-13-7-3-4-8-21(13)14)10-22-16(24)11-5-1-2-6-12(11)17(22)25/h3-4,7-8,11-12H,1-2,5-6,9-10H2,(H,18,23)/t11-,12-/m0/s1. The van der Waals surface area contributed by atoms with Crippen LogP contribution in [-0.2, 0) is 20.9 Å². The zero-order chi connectivity index (χ0) is 17.4. The van der Waals surface area contributed by atoms with Gasteiger partial charge in [0, 0.05) is 6.20 Å². The van der Waals surface area contributed by atoms with Gasteiger partial charge in [-0.15, -0.1) is 10.2 Å². The normalized spacial score (nSPS) is 23.1. The molecule has 1 saturated carbocycles. The van der Waals surface area contributed by atoms with Gasteiger partial charge in [0.2, 0.25) is 17.7 Å². The first kappa shape index (κ1) is 15.7. The van der Waals surface area contributed by atoms with E-state index in [4.69, 9.17) is 0 Å². The van der Waals surface area contributed by atoms with Crippen LogP contribution in [-0.4, -0.2) is 43.8 Å². The van der Waals surface area contributed by atoms with Crippen molar-refractivity contribution in [2.24, 2.45) is 11.8 Å². The summed E-state index contributed by atoms with van der Waals surface area (Å²) in [7, 11) is 0. The summed E-state index contributed by atoms with van der Waals surface area (Å²) in [6.07, 6.45) is 5.26. The number of nitrogens with one attached hydrogen (secondary N) is 1. The Kier molecular flexibility index (Phi) is 3.95. The molecule has 2 aromatic heterocycles. The third-order valence-electron chi connectivity index (χ3n) is 5.06. The van der Waals surface area contributed by atoms with Gasteiger partial charge in [0.25, 0.3) is 0 Å². The Hall–Kier alpha value is -2.77. The van der Waals surface area contributed by atoms with Gasteiger partial charge in [-0.05, 0) is 25.0 Å². The van der Waals surface area contributed by atoms with E-state index < -0.39 is 0 Å². The molecule has 3 amide bonds. The van der Waals surface area contributed by atoms with Crippen molar-refractivity contribution in [2.45, 2.75) is 32.2 Å². The zero-order valence-corrected chi connectivity index (χ0v) is 13.7. The molecule has 25 heavy (non-hydrogen) atoms. The molecule has 3 heterocycles. The lowest BCUT2D eigenvalue weighted by Crippen LogP contribution is -2.41. The number of rotatable bonds is 4. The number of likely N-dealkylation sites (tertiary alicyclic amines) is 1. The molecule has 8 nitrogen and oxygen atoms in total. The van der Waals surface area contributed by atoms with Gasteiger partial charge in [0.05, 0.1) is 18.4 Å². The Morgan fingerprint density at radius 3 is 2.56 bits per heavy atom. The van der Waals surface area contributed by atoms with E-state index in [1.807, 2.05) is 24.4 Å². The van der Waals surface area contributed by atoms with Crippen LogP contribution in [0.2, 0.25) is 0 Å². The summed E-state index contributed by atoms with van der Waals surface area (Å²) in [5, 5.41) is 10.8. The summed E-state index contributed by atoms with van der Waals surface area (Å²) in [6.45, 7) is -0.0332. The number of amides is 3. The highest BCUT2D eigenvalue weighted by molar-refractivity contribution is 6.07. The topological polar surface area (TPSA) is 96.7 Å². The number of nitrogens with zero attached hydrogens (tertiary/aromatic N) is 4. The second-order valence-corrected chi connectivity index (χ2v) is 6.58. The minimum atomic E-state index is -0.368. The van der Waals surface area contributed by atoms with Crippen LogP contribution < -0.4 is 5.32 Å². The molecule has 1 N–H and O–H groups in total. The number of fused-ring (bicyclic) bond motifs is 2.